The van der Waals surface area contributed by atoms with E-state index in [1.54, 1.807) is 0 Å². The summed E-state index contributed by atoms with van der Waals surface area (Å²) in [6.07, 6.45) is 0.721. The van der Waals surface area contributed by atoms with Crippen LogP contribution in [-0.4, -0.2) is 35.6 Å². The molecule has 0 aromatic heterocycles. The third-order valence-electron chi connectivity index (χ3n) is 3.42. The number of nitrogens with two attached hydrogens (primary N) is 1. The topological polar surface area (TPSA) is 66.6 Å². The fraction of sp³-hybridized carbons (Fsp3) is 0.462. The average Bonchev–Trinajstić information content (AvgIpc) is 2.81. The van der Waals surface area contributed by atoms with Crippen LogP contribution < -0.4 is 5.73 Å². The Labute approximate surface area is 101 Å². The van der Waals surface area contributed by atoms with Crippen molar-refractivity contribution in [3.05, 3.63) is 35.9 Å². The second-order valence-corrected chi connectivity index (χ2v) is 4.48. The first-order valence-electron chi connectivity index (χ1n) is 5.94. The Hall–Kier alpha value is -1.39. The highest BCUT2D eigenvalue weighted by molar-refractivity contribution is 5.70. The molecule has 1 heterocycles. The van der Waals surface area contributed by atoms with E-state index in [-0.39, 0.29) is 12.0 Å². The lowest BCUT2D eigenvalue weighted by atomic mass is 10.1. The minimum Gasteiger partial charge on any atom is -0.481 e. The van der Waals surface area contributed by atoms with Gasteiger partial charge >= 0.3 is 5.97 Å². The molecule has 1 saturated heterocycles. The van der Waals surface area contributed by atoms with E-state index < -0.39 is 5.97 Å². The van der Waals surface area contributed by atoms with Gasteiger partial charge in [0.05, 0.1) is 5.92 Å². The Bertz CT molecular complexity index is 380. The second kappa shape index (κ2) is 5.29. The maximum atomic E-state index is 10.9. The van der Waals surface area contributed by atoms with Crippen molar-refractivity contribution in [3.63, 3.8) is 0 Å². The van der Waals surface area contributed by atoms with Crippen molar-refractivity contribution in [2.75, 3.05) is 19.6 Å². The summed E-state index contributed by atoms with van der Waals surface area (Å²) in [5.74, 6) is -0.941. The summed E-state index contributed by atoms with van der Waals surface area (Å²) in [6, 6.07) is 10.2. The fourth-order valence-electron chi connectivity index (χ4n) is 2.44. The first-order valence-corrected chi connectivity index (χ1v) is 5.94. The van der Waals surface area contributed by atoms with Gasteiger partial charge in [-0.1, -0.05) is 30.3 Å². The number of carbonyl (C=O) groups is 1. The molecule has 0 radical (unpaired) electrons. The van der Waals surface area contributed by atoms with Gasteiger partial charge in [-0.2, -0.15) is 0 Å². The molecule has 0 spiro atoms. The predicted octanol–water partition coefficient (Wildman–Crippen LogP) is 1.09. The number of hydrogen-bond donors (Lipinski definition) is 2. The highest BCUT2D eigenvalue weighted by atomic mass is 16.4. The van der Waals surface area contributed by atoms with Gasteiger partial charge < -0.3 is 10.8 Å². The molecule has 3 N–H and O–H groups in total. The van der Waals surface area contributed by atoms with E-state index in [0.717, 1.165) is 13.0 Å². The summed E-state index contributed by atoms with van der Waals surface area (Å²) in [7, 11) is 0. The normalized spacial score (nSPS) is 22.5. The van der Waals surface area contributed by atoms with Crippen LogP contribution in [0.5, 0.6) is 0 Å². The molecule has 2 atom stereocenters. The second-order valence-electron chi connectivity index (χ2n) is 4.48. The lowest BCUT2D eigenvalue weighted by Gasteiger charge is -2.26. The number of nitrogens with zero attached hydrogens (tertiary/aromatic N) is 1. The minimum absolute atomic E-state index is 0.139. The zero-order valence-corrected chi connectivity index (χ0v) is 9.75. The average molecular weight is 234 g/mol. The van der Waals surface area contributed by atoms with Crippen LogP contribution >= 0.6 is 0 Å². The van der Waals surface area contributed by atoms with Crippen LogP contribution in [0.3, 0.4) is 0 Å². The number of carboxylic acid groups (broad SMARTS) is 1. The number of carboxylic acids is 1. The van der Waals surface area contributed by atoms with Crippen molar-refractivity contribution >= 4 is 5.97 Å². The van der Waals surface area contributed by atoms with Crippen molar-refractivity contribution in [3.8, 4) is 0 Å². The molecule has 1 aliphatic rings. The molecule has 1 aromatic carbocycles. The third-order valence-corrected chi connectivity index (χ3v) is 3.42. The standard InChI is InChI=1S/C13H18N2O2/c14-8-12(10-4-2-1-3-5-10)15-7-6-11(9-15)13(16)17/h1-5,11-12H,6-9,14H2,(H,16,17)/t11-,12-/m0/s1. The summed E-state index contributed by atoms with van der Waals surface area (Å²) in [5, 5.41) is 9.00. The molecule has 92 valence electrons. The largest absolute Gasteiger partial charge is 0.481 e. The summed E-state index contributed by atoms with van der Waals surface area (Å²) in [6.45, 7) is 1.94. The summed E-state index contributed by atoms with van der Waals surface area (Å²) in [5.41, 5.74) is 6.98. The molecule has 4 nitrogen and oxygen atoms in total. The van der Waals surface area contributed by atoms with Gasteiger partial charge in [-0.05, 0) is 18.5 Å². The Morgan fingerprint density at radius 3 is 2.71 bits per heavy atom. The van der Waals surface area contributed by atoms with Crippen molar-refractivity contribution in [1.29, 1.82) is 0 Å². The van der Waals surface area contributed by atoms with Gasteiger partial charge in [0.1, 0.15) is 0 Å². The highest BCUT2D eigenvalue weighted by Crippen LogP contribution is 2.26. The van der Waals surface area contributed by atoms with Gasteiger partial charge in [-0.15, -0.1) is 0 Å². The van der Waals surface area contributed by atoms with E-state index in [1.807, 2.05) is 30.3 Å². The molecular weight excluding hydrogens is 216 g/mol. The van der Waals surface area contributed by atoms with Gasteiger partial charge in [0.2, 0.25) is 0 Å². The Morgan fingerprint density at radius 2 is 2.18 bits per heavy atom. The quantitative estimate of drug-likeness (QED) is 0.818. The van der Waals surface area contributed by atoms with Crippen LogP contribution in [0.15, 0.2) is 30.3 Å². The van der Waals surface area contributed by atoms with E-state index in [9.17, 15) is 4.79 Å². The Morgan fingerprint density at radius 1 is 1.47 bits per heavy atom. The van der Waals surface area contributed by atoms with Gasteiger partial charge in [-0.25, -0.2) is 0 Å². The molecule has 4 heteroatoms. The van der Waals surface area contributed by atoms with E-state index in [0.29, 0.717) is 13.1 Å². The molecule has 1 aromatic rings. The van der Waals surface area contributed by atoms with E-state index in [4.69, 9.17) is 10.8 Å². The maximum absolute atomic E-state index is 10.9. The van der Waals surface area contributed by atoms with Gasteiger partial charge in [0.15, 0.2) is 0 Å². The summed E-state index contributed by atoms with van der Waals surface area (Å²) in [4.78, 5) is 13.1. The predicted molar refractivity (Wildman–Crippen MR) is 65.6 cm³/mol. The molecule has 0 aliphatic carbocycles. The molecule has 2 rings (SSSR count). The molecular formula is C13H18N2O2. The number of aliphatic carboxylic acids is 1. The first-order chi connectivity index (χ1) is 8.22. The van der Waals surface area contributed by atoms with E-state index >= 15 is 0 Å². The van der Waals surface area contributed by atoms with Gasteiger partial charge in [0, 0.05) is 19.1 Å². The SMILES string of the molecule is NC[C@@H](c1ccccc1)N1CC[C@H](C(=O)O)C1. The lowest BCUT2D eigenvalue weighted by Crippen LogP contribution is -2.32. The highest BCUT2D eigenvalue weighted by Gasteiger charge is 2.32. The number of rotatable bonds is 4. The summed E-state index contributed by atoms with van der Waals surface area (Å²) >= 11 is 0. The molecule has 0 saturated carbocycles. The van der Waals surface area contributed by atoms with Gasteiger partial charge in [0.25, 0.3) is 0 Å². The summed E-state index contributed by atoms with van der Waals surface area (Å²) < 4.78 is 0. The fourth-order valence-corrected chi connectivity index (χ4v) is 2.44. The van der Waals surface area contributed by atoms with Crippen LogP contribution in [-0.2, 0) is 4.79 Å². The molecule has 1 fully saturated rings. The maximum Gasteiger partial charge on any atom is 0.307 e. The van der Waals surface area contributed by atoms with Crippen molar-refractivity contribution in [2.45, 2.75) is 12.5 Å². The van der Waals surface area contributed by atoms with Crippen LogP contribution in [0.1, 0.15) is 18.0 Å². The first kappa shape index (κ1) is 12.1. The van der Waals surface area contributed by atoms with E-state index in [2.05, 4.69) is 4.90 Å². The smallest absolute Gasteiger partial charge is 0.307 e. The van der Waals surface area contributed by atoms with Crippen LogP contribution in [0.4, 0.5) is 0 Å². The van der Waals surface area contributed by atoms with Crippen molar-refractivity contribution in [1.82, 2.24) is 4.90 Å². The van der Waals surface area contributed by atoms with E-state index in [1.165, 1.54) is 5.56 Å². The van der Waals surface area contributed by atoms with Crippen molar-refractivity contribution in [2.24, 2.45) is 11.7 Å². The third kappa shape index (κ3) is 2.65. The van der Waals surface area contributed by atoms with Crippen LogP contribution in [0, 0.1) is 5.92 Å². The monoisotopic (exact) mass is 234 g/mol. The molecule has 0 bridgehead atoms. The number of benzene rings is 1. The van der Waals surface area contributed by atoms with Gasteiger partial charge in [-0.3, -0.25) is 9.69 Å². The Balaban J connectivity index is 2.08. The van der Waals surface area contributed by atoms with Crippen molar-refractivity contribution < 1.29 is 9.90 Å². The number of likely N-dealkylation sites (tertiary alicyclic amines) is 1. The van der Waals surface area contributed by atoms with Crippen LogP contribution in [0.25, 0.3) is 0 Å². The molecule has 1 aliphatic heterocycles. The Kier molecular flexibility index (Phi) is 3.76. The zero-order valence-electron chi connectivity index (χ0n) is 9.75. The molecule has 0 unspecified atom stereocenters. The minimum atomic E-state index is -0.698. The zero-order chi connectivity index (χ0) is 12.3. The van der Waals surface area contributed by atoms with Crippen LogP contribution in [0.2, 0.25) is 0 Å². The number of hydrogen-bond acceptors (Lipinski definition) is 3. The lowest BCUT2D eigenvalue weighted by molar-refractivity contribution is -0.141. The molecule has 17 heavy (non-hydrogen) atoms. The molecule has 0 amide bonds.